The minimum atomic E-state index is -0.159. The Bertz CT molecular complexity index is 1050. The molecular formula is C21H27N7O2S. The lowest BCUT2D eigenvalue weighted by Crippen LogP contribution is -2.26. The van der Waals surface area contributed by atoms with Crippen molar-refractivity contribution in [1.82, 2.24) is 25.2 Å². The minimum Gasteiger partial charge on any atom is -0.394 e. The Hall–Kier alpha value is -3.11. The number of pyridine rings is 1. The molecule has 164 valence electrons. The third kappa shape index (κ3) is 5.53. The number of likely N-dealkylation sites (N-methyl/N-ethyl adjacent to an activating group) is 1. The summed E-state index contributed by atoms with van der Waals surface area (Å²) in [6, 6.07) is 5.42. The number of hydrogen-bond donors (Lipinski definition) is 2. The number of anilines is 1. The number of amides is 1. The Labute approximate surface area is 185 Å². The maximum atomic E-state index is 12.3. The van der Waals surface area contributed by atoms with Crippen LogP contribution in [0.1, 0.15) is 41.7 Å². The SMILES string of the molecule is CCNC(=O)c1cc2c(/C(=N/OCCN(CC)CC)c3ccncc3)nc(N)nc2s1. The number of nitrogens with two attached hydrogens (primary N) is 1. The summed E-state index contributed by atoms with van der Waals surface area (Å²) in [5, 5.41) is 7.91. The molecule has 0 bridgehead atoms. The second kappa shape index (κ2) is 10.8. The maximum absolute atomic E-state index is 12.3. The number of carbonyl (C=O) groups excluding carboxylic acids is 1. The predicted molar refractivity (Wildman–Crippen MR) is 123 cm³/mol. The van der Waals surface area contributed by atoms with E-state index in [4.69, 9.17) is 10.6 Å². The zero-order valence-corrected chi connectivity index (χ0v) is 18.8. The van der Waals surface area contributed by atoms with E-state index in [1.165, 1.54) is 11.3 Å². The van der Waals surface area contributed by atoms with Gasteiger partial charge in [-0.05, 0) is 38.2 Å². The quantitative estimate of drug-likeness (QED) is 0.282. The zero-order chi connectivity index (χ0) is 22.2. The van der Waals surface area contributed by atoms with E-state index in [0.29, 0.717) is 39.7 Å². The van der Waals surface area contributed by atoms with Crippen LogP contribution in [0.2, 0.25) is 0 Å². The molecule has 9 nitrogen and oxygen atoms in total. The summed E-state index contributed by atoms with van der Waals surface area (Å²) in [4.78, 5) is 34.2. The highest BCUT2D eigenvalue weighted by Crippen LogP contribution is 2.28. The number of thiophene rings is 1. The molecule has 0 aliphatic rings. The number of carbonyl (C=O) groups is 1. The molecule has 0 unspecified atom stereocenters. The molecule has 0 saturated carbocycles. The molecule has 3 aromatic heterocycles. The van der Waals surface area contributed by atoms with Gasteiger partial charge in [-0.2, -0.15) is 0 Å². The first kappa shape index (κ1) is 22.6. The van der Waals surface area contributed by atoms with Gasteiger partial charge < -0.3 is 20.8 Å². The van der Waals surface area contributed by atoms with Gasteiger partial charge >= 0.3 is 0 Å². The van der Waals surface area contributed by atoms with Crippen LogP contribution in [-0.2, 0) is 4.84 Å². The van der Waals surface area contributed by atoms with Gasteiger partial charge in [-0.3, -0.25) is 9.78 Å². The topological polar surface area (TPSA) is 119 Å². The van der Waals surface area contributed by atoms with Gasteiger partial charge in [0.1, 0.15) is 22.8 Å². The first-order chi connectivity index (χ1) is 15.1. The second-order valence-electron chi connectivity index (χ2n) is 6.66. The highest BCUT2D eigenvalue weighted by atomic mass is 32.1. The monoisotopic (exact) mass is 441 g/mol. The van der Waals surface area contributed by atoms with E-state index in [9.17, 15) is 4.79 Å². The average molecular weight is 442 g/mol. The van der Waals surface area contributed by atoms with E-state index in [1.54, 1.807) is 18.5 Å². The summed E-state index contributed by atoms with van der Waals surface area (Å²) >= 11 is 1.27. The van der Waals surface area contributed by atoms with Crippen molar-refractivity contribution in [3.05, 3.63) is 46.7 Å². The third-order valence-electron chi connectivity index (χ3n) is 4.70. The van der Waals surface area contributed by atoms with Crippen molar-refractivity contribution in [1.29, 1.82) is 0 Å². The largest absolute Gasteiger partial charge is 0.394 e. The van der Waals surface area contributed by atoms with Crippen LogP contribution >= 0.6 is 11.3 Å². The lowest BCUT2D eigenvalue weighted by molar-refractivity contribution is 0.0960. The van der Waals surface area contributed by atoms with Gasteiger partial charge in [0.25, 0.3) is 5.91 Å². The lowest BCUT2D eigenvalue weighted by Gasteiger charge is -2.16. The van der Waals surface area contributed by atoms with Crippen molar-refractivity contribution in [2.45, 2.75) is 20.8 Å². The van der Waals surface area contributed by atoms with Crippen molar-refractivity contribution in [3.8, 4) is 0 Å². The molecule has 0 radical (unpaired) electrons. The lowest BCUT2D eigenvalue weighted by atomic mass is 10.1. The molecule has 1 amide bonds. The molecule has 3 rings (SSSR count). The predicted octanol–water partition coefficient (Wildman–Crippen LogP) is 2.53. The minimum absolute atomic E-state index is 0.108. The van der Waals surface area contributed by atoms with Crippen LogP contribution in [0.4, 0.5) is 5.95 Å². The summed E-state index contributed by atoms with van der Waals surface area (Å²) < 4.78 is 0. The van der Waals surface area contributed by atoms with Crippen LogP contribution in [0, 0.1) is 0 Å². The Kier molecular flexibility index (Phi) is 7.85. The summed E-state index contributed by atoms with van der Waals surface area (Å²) in [6.07, 6.45) is 3.35. The van der Waals surface area contributed by atoms with Crippen LogP contribution in [0.25, 0.3) is 10.2 Å². The molecule has 3 aromatic rings. The van der Waals surface area contributed by atoms with Crippen molar-refractivity contribution in [2.75, 3.05) is 38.5 Å². The first-order valence-electron chi connectivity index (χ1n) is 10.3. The summed E-state index contributed by atoms with van der Waals surface area (Å²) in [5.74, 6) is -0.0513. The van der Waals surface area contributed by atoms with Gasteiger partial charge in [-0.25, -0.2) is 9.97 Å². The van der Waals surface area contributed by atoms with Gasteiger partial charge in [0, 0.05) is 36.4 Å². The molecule has 3 N–H and O–H groups in total. The molecule has 0 atom stereocenters. The Morgan fingerprint density at radius 1 is 1.23 bits per heavy atom. The summed E-state index contributed by atoms with van der Waals surface area (Å²) in [6.45, 7) is 9.73. The van der Waals surface area contributed by atoms with Crippen molar-refractivity contribution in [2.24, 2.45) is 5.16 Å². The Balaban J connectivity index is 2.02. The molecule has 0 aromatic carbocycles. The molecule has 0 spiro atoms. The van der Waals surface area contributed by atoms with Crippen LogP contribution in [0.5, 0.6) is 0 Å². The zero-order valence-electron chi connectivity index (χ0n) is 18.0. The standard InChI is InChI=1S/C21H27N7O2S/c1-4-24-19(29)16-13-15-18(25-21(22)26-20(15)31-16)17(14-7-9-23-10-8-14)27-30-12-11-28(5-2)6-3/h7-10,13H,4-6,11-12H2,1-3H3,(H,24,29)(H2,22,25,26)/b27-17+. The number of hydrogen-bond acceptors (Lipinski definition) is 9. The van der Waals surface area contributed by atoms with Crippen molar-refractivity contribution < 1.29 is 9.63 Å². The van der Waals surface area contributed by atoms with Crippen LogP contribution in [0.3, 0.4) is 0 Å². The molecular weight excluding hydrogens is 414 g/mol. The summed E-state index contributed by atoms with van der Waals surface area (Å²) in [7, 11) is 0. The Morgan fingerprint density at radius 2 is 1.97 bits per heavy atom. The van der Waals surface area contributed by atoms with Gasteiger partial charge in [-0.1, -0.05) is 19.0 Å². The number of rotatable bonds is 10. The number of nitrogen functional groups attached to an aromatic ring is 1. The number of nitrogens with one attached hydrogen (secondary N) is 1. The van der Waals surface area contributed by atoms with Crippen LogP contribution in [0.15, 0.2) is 35.7 Å². The number of aromatic nitrogens is 3. The number of fused-ring (bicyclic) bond motifs is 1. The molecule has 0 aliphatic heterocycles. The highest BCUT2D eigenvalue weighted by molar-refractivity contribution is 7.20. The van der Waals surface area contributed by atoms with E-state index < -0.39 is 0 Å². The van der Waals surface area contributed by atoms with E-state index in [1.807, 2.05) is 19.1 Å². The fourth-order valence-corrected chi connectivity index (χ4v) is 4.00. The number of nitrogens with zero attached hydrogens (tertiary/aromatic N) is 5. The van der Waals surface area contributed by atoms with Gasteiger partial charge in [0.2, 0.25) is 5.95 Å². The molecule has 0 saturated heterocycles. The summed E-state index contributed by atoms with van der Waals surface area (Å²) in [5.41, 5.74) is 7.80. The van der Waals surface area contributed by atoms with Crippen LogP contribution in [-0.4, -0.2) is 64.3 Å². The first-order valence-corrected chi connectivity index (χ1v) is 11.1. The molecule has 31 heavy (non-hydrogen) atoms. The second-order valence-corrected chi connectivity index (χ2v) is 7.69. The van der Waals surface area contributed by atoms with E-state index >= 15 is 0 Å². The molecule has 3 heterocycles. The van der Waals surface area contributed by atoms with E-state index in [-0.39, 0.29) is 11.9 Å². The van der Waals surface area contributed by atoms with Crippen molar-refractivity contribution in [3.63, 3.8) is 0 Å². The fraction of sp³-hybridized carbons (Fsp3) is 0.381. The Morgan fingerprint density at radius 3 is 2.65 bits per heavy atom. The fourth-order valence-electron chi connectivity index (χ4n) is 3.04. The average Bonchev–Trinajstić information content (AvgIpc) is 3.21. The van der Waals surface area contributed by atoms with Gasteiger partial charge in [0.05, 0.1) is 4.88 Å². The van der Waals surface area contributed by atoms with E-state index in [2.05, 4.69) is 44.2 Å². The molecule has 0 fully saturated rings. The van der Waals surface area contributed by atoms with Crippen molar-refractivity contribution >= 4 is 39.1 Å². The third-order valence-corrected chi connectivity index (χ3v) is 5.73. The normalized spacial score (nSPS) is 11.8. The van der Waals surface area contributed by atoms with Gasteiger partial charge in [-0.15, -0.1) is 11.3 Å². The maximum Gasteiger partial charge on any atom is 0.261 e. The molecule has 0 aliphatic carbocycles. The molecule has 10 heteroatoms. The smallest absolute Gasteiger partial charge is 0.261 e. The van der Waals surface area contributed by atoms with E-state index in [0.717, 1.165) is 25.2 Å². The highest BCUT2D eigenvalue weighted by Gasteiger charge is 2.20. The van der Waals surface area contributed by atoms with Crippen LogP contribution < -0.4 is 11.1 Å². The van der Waals surface area contributed by atoms with Gasteiger partial charge in [0.15, 0.2) is 0 Å². The number of oxime groups is 1.